The normalized spacial score (nSPS) is 12.6. The minimum absolute atomic E-state index is 0.249. The first-order valence-corrected chi connectivity index (χ1v) is 6.11. The Balaban J connectivity index is 2.30. The van der Waals surface area contributed by atoms with E-state index in [9.17, 15) is 5.11 Å². The average Bonchev–Trinajstić information content (AvgIpc) is 2.35. The quantitative estimate of drug-likeness (QED) is 0.819. The summed E-state index contributed by atoms with van der Waals surface area (Å²) in [6, 6.07) is 7.19. The van der Waals surface area contributed by atoms with Crippen LogP contribution in [-0.4, -0.2) is 22.5 Å². The molecule has 4 heteroatoms. The molecular weight excluding hydrogens is 236 g/mol. The van der Waals surface area contributed by atoms with Crippen LogP contribution in [0.1, 0.15) is 6.92 Å². The van der Waals surface area contributed by atoms with Gasteiger partial charge in [0.15, 0.2) is 0 Å². The molecule has 1 atom stereocenters. The molecule has 0 radical (unpaired) electrons. The third-order valence-electron chi connectivity index (χ3n) is 2.63. The molecule has 17 heavy (non-hydrogen) atoms. The van der Waals surface area contributed by atoms with Gasteiger partial charge >= 0.3 is 0 Å². The van der Waals surface area contributed by atoms with Crippen molar-refractivity contribution in [1.29, 1.82) is 0 Å². The molecule has 0 aliphatic rings. The van der Waals surface area contributed by atoms with Gasteiger partial charge in [0.25, 0.3) is 0 Å². The Labute approximate surface area is 105 Å². The lowest BCUT2D eigenvalue weighted by atomic mass is 10.1. The van der Waals surface area contributed by atoms with Crippen molar-refractivity contribution >= 4 is 28.2 Å². The van der Waals surface area contributed by atoms with Crippen molar-refractivity contribution in [3.63, 3.8) is 0 Å². The Morgan fingerprint density at radius 2 is 2.24 bits per heavy atom. The summed E-state index contributed by atoms with van der Waals surface area (Å²) in [6.45, 7) is 2.84. The predicted octanol–water partition coefficient (Wildman–Crippen LogP) is 3.23. The van der Waals surface area contributed by atoms with Crippen LogP contribution in [0.5, 0.6) is 5.75 Å². The molecule has 0 saturated carbocycles. The number of anilines is 1. The Bertz CT molecular complexity index is 516. The van der Waals surface area contributed by atoms with Crippen molar-refractivity contribution < 1.29 is 5.11 Å². The average molecular weight is 251 g/mol. The minimum Gasteiger partial charge on any atom is -0.508 e. The summed E-state index contributed by atoms with van der Waals surface area (Å²) in [5, 5.41) is 14.7. The SMILES string of the molecule is CC(CCl)CNc1nccc2ccc(O)cc12. The Hall–Kier alpha value is -1.48. The first-order chi connectivity index (χ1) is 8.20. The van der Waals surface area contributed by atoms with Crippen LogP contribution in [0.25, 0.3) is 10.8 Å². The lowest BCUT2D eigenvalue weighted by Gasteiger charge is -2.12. The van der Waals surface area contributed by atoms with Gasteiger partial charge in [0.1, 0.15) is 11.6 Å². The highest BCUT2D eigenvalue weighted by Gasteiger charge is 2.05. The maximum atomic E-state index is 9.50. The molecule has 0 saturated heterocycles. The van der Waals surface area contributed by atoms with Crippen molar-refractivity contribution in [2.75, 3.05) is 17.7 Å². The van der Waals surface area contributed by atoms with Crippen LogP contribution >= 0.6 is 11.6 Å². The summed E-state index contributed by atoms with van der Waals surface area (Å²) in [5.41, 5.74) is 0. The number of benzene rings is 1. The van der Waals surface area contributed by atoms with Crippen molar-refractivity contribution in [2.24, 2.45) is 5.92 Å². The number of fused-ring (bicyclic) bond motifs is 1. The van der Waals surface area contributed by atoms with Gasteiger partial charge in [0, 0.05) is 24.0 Å². The molecular formula is C13H15ClN2O. The number of rotatable bonds is 4. The van der Waals surface area contributed by atoms with Crippen molar-refractivity contribution in [1.82, 2.24) is 4.98 Å². The second-order valence-electron chi connectivity index (χ2n) is 4.21. The third-order valence-corrected chi connectivity index (χ3v) is 3.16. The molecule has 0 bridgehead atoms. The van der Waals surface area contributed by atoms with E-state index in [0.717, 1.165) is 23.1 Å². The molecule has 1 aromatic carbocycles. The fourth-order valence-electron chi connectivity index (χ4n) is 1.62. The molecule has 0 aliphatic carbocycles. The predicted molar refractivity (Wildman–Crippen MR) is 71.8 cm³/mol. The van der Waals surface area contributed by atoms with Crippen molar-refractivity contribution in [3.8, 4) is 5.75 Å². The molecule has 1 aromatic heterocycles. The molecule has 0 aliphatic heterocycles. The zero-order valence-corrected chi connectivity index (χ0v) is 10.4. The van der Waals surface area contributed by atoms with Gasteiger partial charge < -0.3 is 10.4 Å². The van der Waals surface area contributed by atoms with E-state index in [2.05, 4.69) is 17.2 Å². The molecule has 3 nitrogen and oxygen atoms in total. The molecule has 2 aromatic rings. The molecule has 2 rings (SSSR count). The summed E-state index contributed by atoms with van der Waals surface area (Å²) < 4.78 is 0. The van der Waals surface area contributed by atoms with E-state index in [1.54, 1.807) is 18.3 Å². The number of hydrogen-bond donors (Lipinski definition) is 2. The van der Waals surface area contributed by atoms with E-state index in [1.807, 2.05) is 12.1 Å². The Kier molecular flexibility index (Phi) is 3.69. The summed E-state index contributed by atoms with van der Waals surface area (Å²) in [7, 11) is 0. The highest BCUT2D eigenvalue weighted by atomic mass is 35.5. The number of hydrogen-bond acceptors (Lipinski definition) is 3. The highest BCUT2D eigenvalue weighted by Crippen LogP contribution is 2.25. The van der Waals surface area contributed by atoms with Gasteiger partial charge in [-0.25, -0.2) is 4.98 Å². The molecule has 0 amide bonds. The van der Waals surface area contributed by atoms with Crippen LogP contribution in [0.3, 0.4) is 0 Å². The number of aromatic nitrogens is 1. The van der Waals surface area contributed by atoms with Crippen molar-refractivity contribution in [3.05, 3.63) is 30.5 Å². The minimum atomic E-state index is 0.249. The molecule has 0 fully saturated rings. The fourth-order valence-corrected chi connectivity index (χ4v) is 1.73. The molecule has 2 N–H and O–H groups in total. The maximum Gasteiger partial charge on any atom is 0.133 e. The van der Waals surface area contributed by atoms with E-state index in [4.69, 9.17) is 11.6 Å². The smallest absolute Gasteiger partial charge is 0.133 e. The van der Waals surface area contributed by atoms with Gasteiger partial charge in [-0.1, -0.05) is 13.0 Å². The van der Waals surface area contributed by atoms with Crippen molar-refractivity contribution in [2.45, 2.75) is 6.92 Å². The zero-order chi connectivity index (χ0) is 12.3. The fraction of sp³-hybridized carbons (Fsp3) is 0.308. The van der Waals surface area contributed by atoms with Gasteiger partial charge in [0.2, 0.25) is 0 Å². The maximum absolute atomic E-state index is 9.50. The lowest BCUT2D eigenvalue weighted by molar-refractivity contribution is 0.476. The van der Waals surface area contributed by atoms with Gasteiger partial charge in [-0.3, -0.25) is 0 Å². The van der Waals surface area contributed by atoms with E-state index >= 15 is 0 Å². The van der Waals surface area contributed by atoms with E-state index in [1.165, 1.54) is 0 Å². The third kappa shape index (κ3) is 2.80. The van der Waals surface area contributed by atoms with Gasteiger partial charge in [-0.05, 0) is 29.5 Å². The summed E-state index contributed by atoms with van der Waals surface area (Å²) in [4.78, 5) is 4.29. The monoisotopic (exact) mass is 250 g/mol. The Morgan fingerprint density at radius 3 is 3.00 bits per heavy atom. The number of aromatic hydroxyl groups is 1. The number of alkyl halides is 1. The second kappa shape index (κ2) is 5.23. The number of pyridine rings is 1. The van der Waals surface area contributed by atoms with Crippen LogP contribution in [0.4, 0.5) is 5.82 Å². The van der Waals surface area contributed by atoms with Gasteiger partial charge in [-0.15, -0.1) is 11.6 Å². The molecule has 1 heterocycles. The molecule has 90 valence electrons. The number of phenolic OH excluding ortho intramolecular Hbond substituents is 1. The number of nitrogens with zero attached hydrogens (tertiary/aromatic N) is 1. The van der Waals surface area contributed by atoms with E-state index < -0.39 is 0 Å². The van der Waals surface area contributed by atoms with Crippen LogP contribution in [0, 0.1) is 5.92 Å². The zero-order valence-electron chi connectivity index (χ0n) is 9.65. The van der Waals surface area contributed by atoms with Gasteiger partial charge in [-0.2, -0.15) is 0 Å². The largest absolute Gasteiger partial charge is 0.508 e. The van der Waals surface area contributed by atoms with Crippen LogP contribution in [-0.2, 0) is 0 Å². The first-order valence-electron chi connectivity index (χ1n) is 5.58. The summed E-state index contributed by atoms with van der Waals surface area (Å²) in [5.74, 6) is 2.03. The topological polar surface area (TPSA) is 45.2 Å². The van der Waals surface area contributed by atoms with Gasteiger partial charge in [0.05, 0.1) is 0 Å². The Morgan fingerprint density at radius 1 is 1.41 bits per heavy atom. The molecule has 1 unspecified atom stereocenters. The number of halogens is 1. The number of nitrogens with one attached hydrogen (secondary N) is 1. The van der Waals surface area contributed by atoms with Crippen LogP contribution in [0.2, 0.25) is 0 Å². The highest BCUT2D eigenvalue weighted by molar-refractivity contribution is 6.18. The lowest BCUT2D eigenvalue weighted by Crippen LogP contribution is -2.13. The van der Waals surface area contributed by atoms with Crippen LogP contribution < -0.4 is 5.32 Å². The number of phenols is 1. The van der Waals surface area contributed by atoms with E-state index in [0.29, 0.717) is 11.8 Å². The standard InChI is InChI=1S/C13H15ClN2O/c1-9(7-14)8-16-13-12-6-11(17)3-2-10(12)4-5-15-13/h2-6,9,17H,7-8H2,1H3,(H,15,16). The second-order valence-corrected chi connectivity index (χ2v) is 4.51. The summed E-state index contributed by atoms with van der Waals surface area (Å²) in [6.07, 6.45) is 1.76. The molecule has 0 spiro atoms. The first kappa shape index (κ1) is 12.0. The van der Waals surface area contributed by atoms with Crippen LogP contribution in [0.15, 0.2) is 30.5 Å². The summed E-state index contributed by atoms with van der Waals surface area (Å²) >= 11 is 5.76. The van der Waals surface area contributed by atoms with E-state index in [-0.39, 0.29) is 5.75 Å².